The Hall–Kier alpha value is -3.12. The van der Waals surface area contributed by atoms with Gasteiger partial charge in [-0.25, -0.2) is 0 Å². The molecule has 32 heavy (non-hydrogen) atoms. The van der Waals surface area contributed by atoms with Gasteiger partial charge in [-0.15, -0.1) is 0 Å². The zero-order chi connectivity index (χ0) is 22.1. The normalized spacial score (nSPS) is 17.2. The third-order valence-corrected chi connectivity index (χ3v) is 6.73. The number of piperazine rings is 1. The highest BCUT2D eigenvalue weighted by atomic mass is 16.1. The molecule has 1 amide bonds. The number of likely N-dealkylation sites (N-methyl/N-ethyl adjacent to an activating group) is 1. The van der Waals surface area contributed by atoms with Gasteiger partial charge in [-0.05, 0) is 57.1 Å². The highest BCUT2D eigenvalue weighted by Crippen LogP contribution is 2.33. The van der Waals surface area contributed by atoms with Gasteiger partial charge in [0.1, 0.15) is 0 Å². The first-order valence-electron chi connectivity index (χ1n) is 11.6. The van der Waals surface area contributed by atoms with Crippen molar-refractivity contribution in [1.82, 2.24) is 9.88 Å². The summed E-state index contributed by atoms with van der Waals surface area (Å²) in [5, 5.41) is 5.31. The molecule has 6 heteroatoms. The summed E-state index contributed by atoms with van der Waals surface area (Å²) in [6.45, 7) is 8.17. The van der Waals surface area contributed by atoms with Gasteiger partial charge >= 0.3 is 0 Å². The van der Waals surface area contributed by atoms with Crippen LogP contribution in [0.25, 0.3) is 10.8 Å². The molecular formula is C26H31N5O. The van der Waals surface area contributed by atoms with Crippen molar-refractivity contribution in [2.45, 2.75) is 19.8 Å². The lowest BCUT2D eigenvalue weighted by molar-refractivity contribution is 0.102. The largest absolute Gasteiger partial charge is 0.371 e. The highest BCUT2D eigenvalue weighted by molar-refractivity contribution is 6.13. The summed E-state index contributed by atoms with van der Waals surface area (Å²) in [6, 6.07) is 12.4. The number of nitrogens with zero attached hydrogens (tertiary/aromatic N) is 4. The molecular weight excluding hydrogens is 398 g/mol. The molecule has 6 nitrogen and oxygen atoms in total. The van der Waals surface area contributed by atoms with Gasteiger partial charge in [0.25, 0.3) is 5.91 Å². The Bertz CT molecular complexity index is 1130. The summed E-state index contributed by atoms with van der Waals surface area (Å²) in [5.74, 6) is -0.0619. The molecule has 1 aromatic heterocycles. The van der Waals surface area contributed by atoms with Crippen LogP contribution in [0.15, 0.2) is 48.8 Å². The van der Waals surface area contributed by atoms with Crippen LogP contribution >= 0.6 is 0 Å². The van der Waals surface area contributed by atoms with Crippen molar-refractivity contribution in [2.24, 2.45) is 0 Å². The number of pyridine rings is 1. The summed E-state index contributed by atoms with van der Waals surface area (Å²) >= 11 is 0. The number of nitrogens with one attached hydrogen (secondary N) is 1. The van der Waals surface area contributed by atoms with Gasteiger partial charge in [0, 0.05) is 73.8 Å². The van der Waals surface area contributed by atoms with E-state index in [2.05, 4.69) is 56.3 Å². The third-order valence-electron chi connectivity index (χ3n) is 6.73. The van der Waals surface area contributed by atoms with E-state index in [1.165, 1.54) is 18.5 Å². The topological polar surface area (TPSA) is 51.7 Å². The van der Waals surface area contributed by atoms with E-state index in [9.17, 15) is 4.79 Å². The van der Waals surface area contributed by atoms with Crippen molar-refractivity contribution in [3.63, 3.8) is 0 Å². The van der Waals surface area contributed by atoms with Crippen LogP contribution in [0.5, 0.6) is 0 Å². The average molecular weight is 430 g/mol. The predicted molar refractivity (Wildman–Crippen MR) is 132 cm³/mol. The van der Waals surface area contributed by atoms with E-state index in [1.54, 1.807) is 0 Å². The number of aromatic nitrogens is 1. The molecule has 2 aliphatic heterocycles. The van der Waals surface area contributed by atoms with Crippen molar-refractivity contribution in [3.8, 4) is 0 Å². The van der Waals surface area contributed by atoms with Crippen LogP contribution in [0.1, 0.15) is 28.8 Å². The number of rotatable bonds is 4. The van der Waals surface area contributed by atoms with E-state index in [0.717, 1.165) is 72.5 Å². The van der Waals surface area contributed by atoms with Gasteiger partial charge in [-0.3, -0.25) is 9.78 Å². The number of fused-ring (bicyclic) bond motifs is 1. The van der Waals surface area contributed by atoms with Crippen molar-refractivity contribution in [1.29, 1.82) is 0 Å². The molecule has 2 aliphatic rings. The molecule has 0 spiro atoms. The maximum atomic E-state index is 13.4. The maximum Gasteiger partial charge on any atom is 0.257 e. The molecule has 0 saturated carbocycles. The standard InChI is InChI=1S/C26H31N5O/c1-19-5-7-25(30-11-3-4-12-30)21(17-19)26(32)28-23-6-8-24(20-9-10-27-18-22(20)23)31-15-13-29(2)14-16-31/h5-10,17-18H,3-4,11-16H2,1-2H3,(H,28,32). The molecule has 166 valence electrons. The number of hydrogen-bond donors (Lipinski definition) is 1. The lowest BCUT2D eigenvalue weighted by Crippen LogP contribution is -2.44. The van der Waals surface area contributed by atoms with Crippen LogP contribution in [0.3, 0.4) is 0 Å². The van der Waals surface area contributed by atoms with Crippen molar-refractivity contribution >= 4 is 33.7 Å². The van der Waals surface area contributed by atoms with Gasteiger partial charge in [-0.2, -0.15) is 0 Å². The van der Waals surface area contributed by atoms with E-state index < -0.39 is 0 Å². The van der Waals surface area contributed by atoms with Gasteiger partial charge < -0.3 is 20.0 Å². The van der Waals surface area contributed by atoms with Crippen molar-refractivity contribution < 1.29 is 4.79 Å². The number of aryl methyl sites for hydroxylation is 1. The van der Waals surface area contributed by atoms with Crippen molar-refractivity contribution in [3.05, 3.63) is 59.9 Å². The molecule has 0 unspecified atom stereocenters. The second-order valence-electron chi connectivity index (χ2n) is 9.01. The van der Waals surface area contributed by atoms with E-state index >= 15 is 0 Å². The minimum atomic E-state index is -0.0619. The van der Waals surface area contributed by atoms with Crippen LogP contribution in [-0.2, 0) is 0 Å². The van der Waals surface area contributed by atoms with Crippen LogP contribution in [0.2, 0.25) is 0 Å². The quantitative estimate of drug-likeness (QED) is 0.675. The minimum absolute atomic E-state index is 0.0619. The lowest BCUT2D eigenvalue weighted by atomic mass is 10.1. The number of hydrogen-bond acceptors (Lipinski definition) is 5. The molecule has 3 aromatic rings. The van der Waals surface area contributed by atoms with Crippen LogP contribution in [-0.4, -0.2) is 62.1 Å². The highest BCUT2D eigenvalue weighted by Gasteiger charge is 2.21. The summed E-state index contributed by atoms with van der Waals surface area (Å²) in [7, 11) is 2.17. The Morgan fingerprint density at radius 3 is 2.38 bits per heavy atom. The molecule has 1 N–H and O–H groups in total. The molecule has 0 aliphatic carbocycles. The van der Waals surface area contributed by atoms with Gasteiger partial charge in [0.2, 0.25) is 0 Å². The number of carbonyl (C=O) groups is 1. The zero-order valence-corrected chi connectivity index (χ0v) is 19.0. The molecule has 2 saturated heterocycles. The smallest absolute Gasteiger partial charge is 0.257 e. The molecule has 5 rings (SSSR count). The summed E-state index contributed by atoms with van der Waals surface area (Å²) in [6.07, 6.45) is 6.06. The Morgan fingerprint density at radius 1 is 0.875 bits per heavy atom. The zero-order valence-electron chi connectivity index (χ0n) is 19.0. The fourth-order valence-electron chi connectivity index (χ4n) is 4.86. The van der Waals surface area contributed by atoms with Crippen LogP contribution in [0.4, 0.5) is 17.1 Å². The second kappa shape index (κ2) is 8.79. The molecule has 2 fully saturated rings. The number of amides is 1. The number of benzene rings is 2. The minimum Gasteiger partial charge on any atom is -0.371 e. The monoisotopic (exact) mass is 429 g/mol. The first-order chi connectivity index (χ1) is 15.6. The van der Waals surface area contributed by atoms with Crippen LogP contribution in [0, 0.1) is 6.92 Å². The summed E-state index contributed by atoms with van der Waals surface area (Å²) < 4.78 is 0. The predicted octanol–water partition coefficient (Wildman–Crippen LogP) is 4.15. The van der Waals surface area contributed by atoms with Crippen LogP contribution < -0.4 is 15.1 Å². The second-order valence-corrected chi connectivity index (χ2v) is 9.01. The van der Waals surface area contributed by atoms with Gasteiger partial charge in [-0.1, -0.05) is 11.6 Å². The third kappa shape index (κ3) is 4.02. The molecule has 0 bridgehead atoms. The summed E-state index contributed by atoms with van der Waals surface area (Å²) in [4.78, 5) is 24.9. The molecule has 0 atom stereocenters. The van der Waals surface area contributed by atoms with Gasteiger partial charge in [0.15, 0.2) is 0 Å². The fourth-order valence-corrected chi connectivity index (χ4v) is 4.86. The Kier molecular flexibility index (Phi) is 5.70. The number of carbonyl (C=O) groups excluding carboxylic acids is 1. The van der Waals surface area contributed by atoms with E-state index in [-0.39, 0.29) is 5.91 Å². The van der Waals surface area contributed by atoms with Gasteiger partial charge in [0.05, 0.1) is 11.3 Å². The Labute approximate surface area is 189 Å². The molecule has 3 heterocycles. The van der Waals surface area contributed by atoms with E-state index in [0.29, 0.717) is 0 Å². The van der Waals surface area contributed by atoms with Crippen molar-refractivity contribution in [2.75, 3.05) is 61.4 Å². The Balaban J connectivity index is 1.47. The first kappa shape index (κ1) is 20.8. The fraction of sp³-hybridized carbons (Fsp3) is 0.385. The number of anilines is 3. The molecule has 2 aromatic carbocycles. The lowest BCUT2D eigenvalue weighted by Gasteiger charge is -2.34. The molecule has 0 radical (unpaired) electrons. The average Bonchev–Trinajstić information content (AvgIpc) is 3.35. The van der Waals surface area contributed by atoms with E-state index in [1.807, 2.05) is 31.5 Å². The maximum absolute atomic E-state index is 13.4. The Morgan fingerprint density at radius 2 is 1.59 bits per heavy atom. The SMILES string of the molecule is Cc1ccc(N2CCCC2)c(C(=O)Nc2ccc(N3CCN(C)CC3)c3ccncc23)c1. The first-order valence-corrected chi connectivity index (χ1v) is 11.6. The summed E-state index contributed by atoms with van der Waals surface area (Å²) in [5.41, 5.74) is 4.89. The van der Waals surface area contributed by atoms with E-state index in [4.69, 9.17) is 0 Å².